The van der Waals surface area contributed by atoms with Gasteiger partial charge in [-0.15, -0.1) is 0 Å². The van der Waals surface area contributed by atoms with Gasteiger partial charge < -0.3 is 9.47 Å². The standard InChI is InChI=1S/C18H19FO3/c1-3-21-18(20)12-13(2)14-4-8-16(9-5-14)22-17-10-6-15(19)7-11-17/h4-11,13H,3,12H2,1-2H3. The second-order valence-corrected chi connectivity index (χ2v) is 5.04. The molecule has 2 aromatic carbocycles. The smallest absolute Gasteiger partial charge is 0.306 e. The Labute approximate surface area is 129 Å². The number of rotatable bonds is 6. The van der Waals surface area contributed by atoms with Crippen molar-refractivity contribution >= 4 is 5.97 Å². The SMILES string of the molecule is CCOC(=O)CC(C)c1ccc(Oc2ccc(F)cc2)cc1. The highest BCUT2D eigenvalue weighted by Gasteiger charge is 2.12. The molecular weight excluding hydrogens is 283 g/mol. The summed E-state index contributed by atoms with van der Waals surface area (Å²) in [5.74, 6) is 0.837. The van der Waals surface area contributed by atoms with Crippen molar-refractivity contribution in [2.24, 2.45) is 0 Å². The summed E-state index contributed by atoms with van der Waals surface area (Å²) in [6.07, 6.45) is 0.353. The predicted molar refractivity (Wildman–Crippen MR) is 82.6 cm³/mol. The maximum atomic E-state index is 12.8. The lowest BCUT2D eigenvalue weighted by molar-refractivity contribution is -0.143. The van der Waals surface area contributed by atoms with Gasteiger partial charge in [-0.05, 0) is 54.8 Å². The van der Waals surface area contributed by atoms with Crippen LogP contribution in [0.15, 0.2) is 48.5 Å². The van der Waals surface area contributed by atoms with Gasteiger partial charge in [-0.3, -0.25) is 4.79 Å². The number of hydrogen-bond donors (Lipinski definition) is 0. The molecule has 0 N–H and O–H groups in total. The average Bonchev–Trinajstić information content (AvgIpc) is 2.50. The minimum absolute atomic E-state index is 0.0823. The quantitative estimate of drug-likeness (QED) is 0.727. The van der Waals surface area contributed by atoms with Crippen molar-refractivity contribution in [3.05, 3.63) is 59.9 Å². The van der Waals surface area contributed by atoms with E-state index in [2.05, 4.69) is 0 Å². The lowest BCUT2D eigenvalue weighted by Crippen LogP contribution is -2.08. The lowest BCUT2D eigenvalue weighted by Gasteiger charge is -2.12. The van der Waals surface area contributed by atoms with E-state index in [9.17, 15) is 9.18 Å². The van der Waals surface area contributed by atoms with Crippen LogP contribution in [0.2, 0.25) is 0 Å². The number of carbonyl (C=O) groups is 1. The first-order valence-corrected chi connectivity index (χ1v) is 7.27. The molecule has 0 fully saturated rings. The number of halogens is 1. The predicted octanol–water partition coefficient (Wildman–Crippen LogP) is 4.67. The largest absolute Gasteiger partial charge is 0.466 e. The third kappa shape index (κ3) is 4.58. The van der Waals surface area contributed by atoms with Crippen molar-refractivity contribution in [1.29, 1.82) is 0 Å². The molecule has 0 heterocycles. The van der Waals surface area contributed by atoms with Crippen LogP contribution in [0.1, 0.15) is 31.7 Å². The molecule has 0 amide bonds. The number of carbonyl (C=O) groups excluding carboxylic acids is 1. The van der Waals surface area contributed by atoms with E-state index in [1.807, 2.05) is 31.2 Å². The Morgan fingerprint density at radius 3 is 2.14 bits per heavy atom. The van der Waals surface area contributed by atoms with E-state index in [0.29, 0.717) is 24.5 Å². The second-order valence-electron chi connectivity index (χ2n) is 5.04. The summed E-state index contributed by atoms with van der Waals surface area (Å²) >= 11 is 0. The molecule has 2 rings (SSSR count). The van der Waals surface area contributed by atoms with E-state index >= 15 is 0 Å². The number of esters is 1. The van der Waals surface area contributed by atoms with Gasteiger partial charge in [-0.2, -0.15) is 0 Å². The molecule has 0 aliphatic rings. The molecule has 0 aromatic heterocycles. The van der Waals surface area contributed by atoms with E-state index in [1.54, 1.807) is 19.1 Å². The van der Waals surface area contributed by atoms with Gasteiger partial charge in [0.2, 0.25) is 0 Å². The fourth-order valence-corrected chi connectivity index (χ4v) is 2.09. The molecule has 0 radical (unpaired) electrons. The summed E-state index contributed by atoms with van der Waals surface area (Å²) < 4.78 is 23.4. The molecule has 0 saturated carbocycles. The van der Waals surface area contributed by atoms with Gasteiger partial charge in [-0.25, -0.2) is 4.39 Å². The number of hydrogen-bond acceptors (Lipinski definition) is 3. The van der Waals surface area contributed by atoms with Crippen LogP contribution in [0.5, 0.6) is 11.5 Å². The minimum atomic E-state index is -0.296. The zero-order valence-electron chi connectivity index (χ0n) is 12.7. The number of ether oxygens (including phenoxy) is 2. The summed E-state index contributed by atoms with van der Waals surface area (Å²) in [5, 5.41) is 0. The van der Waals surface area contributed by atoms with Gasteiger partial charge in [0.1, 0.15) is 17.3 Å². The Morgan fingerprint density at radius 2 is 1.59 bits per heavy atom. The molecule has 4 heteroatoms. The lowest BCUT2D eigenvalue weighted by atomic mass is 9.98. The summed E-state index contributed by atoms with van der Waals surface area (Å²) in [6.45, 7) is 4.17. The zero-order valence-corrected chi connectivity index (χ0v) is 12.7. The Kier molecular flexibility index (Phi) is 5.53. The third-order valence-electron chi connectivity index (χ3n) is 3.28. The summed E-state index contributed by atoms with van der Waals surface area (Å²) in [4.78, 5) is 11.5. The van der Waals surface area contributed by atoms with Crippen LogP contribution >= 0.6 is 0 Å². The van der Waals surface area contributed by atoms with E-state index in [1.165, 1.54) is 12.1 Å². The average molecular weight is 302 g/mol. The first-order chi connectivity index (χ1) is 10.6. The molecule has 116 valence electrons. The van der Waals surface area contributed by atoms with E-state index in [4.69, 9.17) is 9.47 Å². The van der Waals surface area contributed by atoms with Gasteiger partial charge in [0.05, 0.1) is 13.0 Å². The van der Waals surface area contributed by atoms with Crippen molar-refractivity contribution in [3.63, 3.8) is 0 Å². The van der Waals surface area contributed by atoms with Gasteiger partial charge in [0.15, 0.2) is 0 Å². The van der Waals surface area contributed by atoms with Crippen LogP contribution in [0.3, 0.4) is 0 Å². The van der Waals surface area contributed by atoms with Crippen LogP contribution in [0.4, 0.5) is 4.39 Å². The third-order valence-corrected chi connectivity index (χ3v) is 3.28. The molecule has 0 bridgehead atoms. The highest BCUT2D eigenvalue weighted by atomic mass is 19.1. The van der Waals surface area contributed by atoms with Crippen LogP contribution in [0.25, 0.3) is 0 Å². The van der Waals surface area contributed by atoms with E-state index in [-0.39, 0.29) is 17.7 Å². The fraction of sp³-hybridized carbons (Fsp3) is 0.278. The molecule has 1 atom stereocenters. The fourth-order valence-electron chi connectivity index (χ4n) is 2.09. The molecule has 0 spiro atoms. The van der Waals surface area contributed by atoms with E-state index < -0.39 is 0 Å². The molecule has 0 aliphatic heterocycles. The minimum Gasteiger partial charge on any atom is -0.466 e. The number of benzene rings is 2. The van der Waals surface area contributed by atoms with Gasteiger partial charge in [0.25, 0.3) is 0 Å². The van der Waals surface area contributed by atoms with E-state index in [0.717, 1.165) is 5.56 Å². The first kappa shape index (κ1) is 16.0. The van der Waals surface area contributed by atoms with Gasteiger partial charge >= 0.3 is 5.97 Å². The Morgan fingerprint density at radius 1 is 1.05 bits per heavy atom. The molecule has 2 aromatic rings. The maximum Gasteiger partial charge on any atom is 0.306 e. The monoisotopic (exact) mass is 302 g/mol. The zero-order chi connectivity index (χ0) is 15.9. The normalized spacial score (nSPS) is 11.8. The summed E-state index contributed by atoms with van der Waals surface area (Å²) in [6, 6.07) is 13.4. The molecule has 0 aliphatic carbocycles. The Bertz CT molecular complexity index is 605. The summed E-state index contributed by atoms with van der Waals surface area (Å²) in [7, 11) is 0. The highest BCUT2D eigenvalue weighted by molar-refractivity contribution is 5.70. The Balaban J connectivity index is 1.97. The topological polar surface area (TPSA) is 35.5 Å². The van der Waals surface area contributed by atoms with Gasteiger partial charge in [0, 0.05) is 0 Å². The van der Waals surface area contributed by atoms with Crippen molar-refractivity contribution in [2.75, 3.05) is 6.61 Å². The highest BCUT2D eigenvalue weighted by Crippen LogP contribution is 2.25. The molecule has 3 nitrogen and oxygen atoms in total. The van der Waals surface area contributed by atoms with Crippen molar-refractivity contribution in [1.82, 2.24) is 0 Å². The van der Waals surface area contributed by atoms with Crippen LogP contribution in [0, 0.1) is 5.82 Å². The first-order valence-electron chi connectivity index (χ1n) is 7.27. The van der Waals surface area contributed by atoms with Crippen LogP contribution in [-0.2, 0) is 9.53 Å². The molecule has 0 saturated heterocycles. The van der Waals surface area contributed by atoms with Crippen molar-refractivity contribution in [3.8, 4) is 11.5 Å². The van der Waals surface area contributed by atoms with Gasteiger partial charge in [-0.1, -0.05) is 19.1 Å². The molecular formula is C18H19FO3. The van der Waals surface area contributed by atoms with Crippen molar-refractivity contribution < 1.29 is 18.7 Å². The van der Waals surface area contributed by atoms with Crippen molar-refractivity contribution in [2.45, 2.75) is 26.2 Å². The maximum absolute atomic E-state index is 12.8. The van der Waals surface area contributed by atoms with Crippen LogP contribution in [-0.4, -0.2) is 12.6 Å². The molecule has 1 unspecified atom stereocenters. The van der Waals surface area contributed by atoms with Crippen LogP contribution < -0.4 is 4.74 Å². The summed E-state index contributed by atoms with van der Waals surface area (Å²) in [5.41, 5.74) is 1.04. The Hall–Kier alpha value is -2.36. The second kappa shape index (κ2) is 7.59. The molecule has 22 heavy (non-hydrogen) atoms.